The maximum Gasteiger partial charge on any atom is 0.253 e. The van der Waals surface area contributed by atoms with Gasteiger partial charge >= 0.3 is 0 Å². The highest BCUT2D eigenvalue weighted by atomic mass is 32.2. The Balaban J connectivity index is 1.53. The average molecular weight is 406 g/mol. The molecule has 1 saturated heterocycles. The maximum absolute atomic E-state index is 13.0. The van der Waals surface area contributed by atoms with E-state index in [9.17, 15) is 13.2 Å². The van der Waals surface area contributed by atoms with Crippen molar-refractivity contribution in [2.75, 3.05) is 13.2 Å². The molecule has 0 aromatic heterocycles. The van der Waals surface area contributed by atoms with Crippen molar-refractivity contribution in [2.45, 2.75) is 62.6 Å². The van der Waals surface area contributed by atoms with Crippen LogP contribution in [0, 0.1) is 6.92 Å². The maximum atomic E-state index is 13.0. The Morgan fingerprint density at radius 1 is 1.14 bits per heavy atom. The number of carbonyl (C=O) groups is 1. The zero-order valence-electron chi connectivity index (χ0n) is 16.1. The van der Waals surface area contributed by atoms with Gasteiger partial charge in [-0.3, -0.25) is 4.79 Å². The first-order chi connectivity index (χ1) is 13.5. The van der Waals surface area contributed by atoms with Crippen LogP contribution in [0.4, 0.5) is 0 Å². The minimum atomic E-state index is -3.72. The Hall–Kier alpha value is -1.74. The van der Waals surface area contributed by atoms with Crippen molar-refractivity contribution in [3.63, 3.8) is 0 Å². The number of aryl methyl sites for hydroxylation is 1. The summed E-state index contributed by atoms with van der Waals surface area (Å²) in [4.78, 5) is 17.4. The molecule has 0 unspecified atom stereocenters. The van der Waals surface area contributed by atoms with E-state index in [2.05, 4.69) is 10.3 Å². The molecule has 2 N–H and O–H groups in total. The molecule has 2 aliphatic heterocycles. The number of hydrazine groups is 1. The second-order valence-electron chi connectivity index (χ2n) is 7.77. The van der Waals surface area contributed by atoms with Crippen LogP contribution in [0.25, 0.3) is 0 Å². The van der Waals surface area contributed by atoms with Gasteiger partial charge in [-0.25, -0.2) is 13.8 Å². The zero-order chi connectivity index (χ0) is 19.7. The quantitative estimate of drug-likeness (QED) is 0.707. The van der Waals surface area contributed by atoms with E-state index >= 15 is 0 Å². The number of benzene rings is 1. The third-order valence-electron chi connectivity index (χ3n) is 5.76. The minimum absolute atomic E-state index is 0.0113. The zero-order valence-corrected chi connectivity index (χ0v) is 16.9. The summed E-state index contributed by atoms with van der Waals surface area (Å²) in [6, 6.07) is 6.68. The number of hydrogen-bond acceptors (Lipinski definition) is 5. The number of nitrogens with zero attached hydrogens (tertiary/aromatic N) is 1. The molecule has 0 radical (unpaired) electrons. The van der Waals surface area contributed by atoms with Gasteiger partial charge in [0, 0.05) is 18.7 Å². The largest absolute Gasteiger partial charge is 0.376 e. The van der Waals surface area contributed by atoms with Crippen LogP contribution in [-0.4, -0.2) is 44.6 Å². The van der Waals surface area contributed by atoms with Gasteiger partial charge in [0.2, 0.25) is 0 Å². The van der Waals surface area contributed by atoms with Crippen molar-refractivity contribution in [1.29, 1.82) is 0 Å². The van der Waals surface area contributed by atoms with E-state index in [4.69, 9.17) is 4.74 Å². The third kappa shape index (κ3) is 3.87. The lowest BCUT2D eigenvalue weighted by atomic mass is 9.92. The van der Waals surface area contributed by atoms with Crippen LogP contribution in [0.2, 0.25) is 0 Å². The Kier molecular flexibility index (Phi) is 5.55. The van der Waals surface area contributed by atoms with Crippen molar-refractivity contribution in [3.8, 4) is 0 Å². The van der Waals surface area contributed by atoms with E-state index in [1.54, 1.807) is 29.2 Å². The van der Waals surface area contributed by atoms with Gasteiger partial charge in [0.15, 0.2) is 0 Å². The molecular weight excluding hydrogens is 378 g/mol. The summed E-state index contributed by atoms with van der Waals surface area (Å²) in [7, 11) is -3.72. The fourth-order valence-corrected chi connectivity index (χ4v) is 5.10. The Morgan fingerprint density at radius 3 is 2.61 bits per heavy atom. The second kappa shape index (κ2) is 7.94. The minimum Gasteiger partial charge on any atom is -0.376 e. The lowest BCUT2D eigenvalue weighted by Gasteiger charge is -2.30. The van der Waals surface area contributed by atoms with Gasteiger partial charge in [0.1, 0.15) is 6.17 Å². The molecule has 3 aliphatic rings. The number of sulfonamides is 1. The molecule has 1 fully saturated rings. The van der Waals surface area contributed by atoms with Gasteiger partial charge in [-0.05, 0) is 63.2 Å². The molecule has 1 aliphatic carbocycles. The number of amides is 1. The number of ether oxygens (including phenoxy) is 1. The van der Waals surface area contributed by atoms with Crippen LogP contribution in [-0.2, 0) is 19.6 Å². The third-order valence-corrected chi connectivity index (χ3v) is 7.04. The molecule has 0 bridgehead atoms. The molecule has 2 atom stereocenters. The average Bonchev–Trinajstić information content (AvgIpc) is 3.29. The molecule has 28 heavy (non-hydrogen) atoms. The summed E-state index contributed by atoms with van der Waals surface area (Å²) in [5, 5.41) is 0. The Labute approximate surface area is 166 Å². The number of nitrogens with one attached hydrogen (secondary N) is 2. The monoisotopic (exact) mass is 405 g/mol. The van der Waals surface area contributed by atoms with Gasteiger partial charge in [0.05, 0.1) is 11.0 Å². The fraction of sp³-hybridized carbons (Fsp3) is 0.550. The van der Waals surface area contributed by atoms with E-state index < -0.39 is 16.2 Å². The van der Waals surface area contributed by atoms with Crippen molar-refractivity contribution in [1.82, 2.24) is 15.2 Å². The van der Waals surface area contributed by atoms with Crippen LogP contribution >= 0.6 is 0 Å². The molecule has 7 nitrogen and oxygen atoms in total. The van der Waals surface area contributed by atoms with E-state index in [1.165, 1.54) is 0 Å². The predicted molar refractivity (Wildman–Crippen MR) is 105 cm³/mol. The molecule has 0 saturated carbocycles. The van der Waals surface area contributed by atoms with E-state index in [-0.39, 0.29) is 16.9 Å². The van der Waals surface area contributed by atoms with E-state index in [0.717, 1.165) is 61.8 Å². The standard InChI is InChI=1S/C20H27N3O4S/c1-14-8-10-16(11-9-14)28(25,26)22-21-19-17-6-2-3-7-18(17)20(24)23(19)13-15-5-4-12-27-15/h8-11,15,19,21-22H,2-7,12-13H2,1H3/t15-,19-/m0/s1. The first-order valence-corrected chi connectivity index (χ1v) is 11.4. The summed E-state index contributed by atoms with van der Waals surface area (Å²) in [5.74, 6) is 0.0113. The smallest absolute Gasteiger partial charge is 0.253 e. The van der Waals surface area contributed by atoms with Crippen molar-refractivity contribution >= 4 is 15.9 Å². The molecule has 8 heteroatoms. The van der Waals surface area contributed by atoms with Crippen molar-refractivity contribution in [2.24, 2.45) is 0 Å². The molecule has 1 amide bonds. The molecular formula is C20H27N3O4S. The topological polar surface area (TPSA) is 87.7 Å². The van der Waals surface area contributed by atoms with Gasteiger partial charge < -0.3 is 9.64 Å². The van der Waals surface area contributed by atoms with Crippen molar-refractivity contribution in [3.05, 3.63) is 41.0 Å². The van der Waals surface area contributed by atoms with Crippen LogP contribution < -0.4 is 10.3 Å². The SMILES string of the molecule is Cc1ccc(S(=O)(=O)NN[C@@H]2C3=C(CCCC3)C(=O)N2C[C@@H]2CCCO2)cc1. The van der Waals surface area contributed by atoms with Gasteiger partial charge in [0.25, 0.3) is 15.9 Å². The molecule has 2 heterocycles. The Bertz CT molecular complexity index is 873. The van der Waals surface area contributed by atoms with Gasteiger partial charge in [-0.15, -0.1) is 4.83 Å². The van der Waals surface area contributed by atoms with Gasteiger partial charge in [-0.1, -0.05) is 17.7 Å². The Morgan fingerprint density at radius 2 is 1.89 bits per heavy atom. The van der Waals surface area contributed by atoms with Gasteiger partial charge in [-0.2, -0.15) is 0 Å². The van der Waals surface area contributed by atoms with Crippen LogP contribution in [0.3, 0.4) is 0 Å². The first-order valence-electron chi connectivity index (χ1n) is 9.94. The number of carbonyl (C=O) groups excluding carboxylic acids is 1. The molecule has 4 rings (SSSR count). The first kappa shape index (κ1) is 19.6. The highest BCUT2D eigenvalue weighted by molar-refractivity contribution is 7.89. The summed E-state index contributed by atoms with van der Waals surface area (Å²) >= 11 is 0. The molecule has 1 aromatic carbocycles. The van der Waals surface area contributed by atoms with Crippen LogP contribution in [0.5, 0.6) is 0 Å². The molecule has 152 valence electrons. The van der Waals surface area contributed by atoms with E-state index in [0.29, 0.717) is 6.54 Å². The number of hydrogen-bond donors (Lipinski definition) is 2. The fourth-order valence-electron chi connectivity index (χ4n) is 4.22. The van der Waals surface area contributed by atoms with E-state index in [1.807, 2.05) is 6.92 Å². The predicted octanol–water partition coefficient (Wildman–Crippen LogP) is 2.00. The molecule has 0 spiro atoms. The highest BCUT2D eigenvalue weighted by Crippen LogP contribution is 2.36. The lowest BCUT2D eigenvalue weighted by molar-refractivity contribution is -0.129. The number of rotatable bonds is 6. The van der Waals surface area contributed by atoms with Crippen molar-refractivity contribution < 1.29 is 17.9 Å². The summed E-state index contributed by atoms with van der Waals surface area (Å²) in [5.41, 5.74) is 5.79. The summed E-state index contributed by atoms with van der Waals surface area (Å²) < 4.78 is 31.1. The summed E-state index contributed by atoms with van der Waals surface area (Å²) in [6.45, 7) is 3.11. The van der Waals surface area contributed by atoms with Crippen LogP contribution in [0.1, 0.15) is 44.1 Å². The molecule has 1 aromatic rings. The van der Waals surface area contributed by atoms with Crippen LogP contribution in [0.15, 0.2) is 40.3 Å². The normalized spacial score (nSPS) is 25.5. The highest BCUT2D eigenvalue weighted by Gasteiger charge is 2.41. The second-order valence-corrected chi connectivity index (χ2v) is 9.45. The summed E-state index contributed by atoms with van der Waals surface area (Å²) in [6.07, 6.45) is 5.08. The lowest BCUT2D eigenvalue weighted by Crippen LogP contribution is -2.54.